The normalized spacial score (nSPS) is 11.9. The van der Waals surface area contributed by atoms with Gasteiger partial charge in [-0.1, -0.05) is 25.1 Å². The summed E-state index contributed by atoms with van der Waals surface area (Å²) in [5.74, 6) is 1.14. The molecule has 0 saturated heterocycles. The van der Waals surface area contributed by atoms with E-state index < -0.39 is 6.10 Å². The second-order valence-electron chi connectivity index (χ2n) is 6.63. The Balaban J connectivity index is 1.86. The third-order valence-corrected chi connectivity index (χ3v) is 5.48. The lowest BCUT2D eigenvalue weighted by molar-refractivity contribution is -0.157. The highest BCUT2D eigenvalue weighted by atomic mass is 32.1. The minimum atomic E-state index is -0.720. The van der Waals surface area contributed by atoms with Crippen LogP contribution in [0.15, 0.2) is 41.8 Å². The summed E-state index contributed by atoms with van der Waals surface area (Å²) in [5.41, 5.74) is 3.68. The molecule has 0 fully saturated rings. The van der Waals surface area contributed by atoms with Crippen LogP contribution in [-0.4, -0.2) is 29.2 Å². The van der Waals surface area contributed by atoms with E-state index >= 15 is 0 Å². The molecule has 0 radical (unpaired) electrons. The summed E-state index contributed by atoms with van der Waals surface area (Å²) in [5, 5.41) is 5.44. The first-order valence-corrected chi connectivity index (χ1v) is 11.0. The van der Waals surface area contributed by atoms with Gasteiger partial charge in [-0.15, -0.1) is 11.3 Å². The zero-order valence-corrected chi connectivity index (χ0v) is 18.6. The van der Waals surface area contributed by atoms with Crippen LogP contribution < -0.4 is 5.32 Å². The van der Waals surface area contributed by atoms with Gasteiger partial charge in [-0.25, -0.2) is 14.8 Å². The van der Waals surface area contributed by atoms with E-state index in [4.69, 9.17) is 14.5 Å². The molecule has 1 N–H and O–H groups in total. The van der Waals surface area contributed by atoms with Crippen LogP contribution in [0, 0.1) is 6.92 Å². The SMILES string of the molecule is CCOC(=O)C(OCC)c1ccc(Nc2nc(-c3cccs3)nc(C)c2CC)cc1. The molecule has 2 heterocycles. The highest BCUT2D eigenvalue weighted by molar-refractivity contribution is 7.13. The van der Waals surface area contributed by atoms with Gasteiger partial charge in [0.05, 0.1) is 11.5 Å². The smallest absolute Gasteiger partial charge is 0.339 e. The lowest BCUT2D eigenvalue weighted by Gasteiger charge is -2.17. The van der Waals surface area contributed by atoms with Gasteiger partial charge in [-0.3, -0.25) is 0 Å². The topological polar surface area (TPSA) is 73.3 Å². The summed E-state index contributed by atoms with van der Waals surface area (Å²) < 4.78 is 10.7. The summed E-state index contributed by atoms with van der Waals surface area (Å²) in [7, 11) is 0. The van der Waals surface area contributed by atoms with E-state index in [2.05, 4.69) is 17.2 Å². The number of aromatic nitrogens is 2. The van der Waals surface area contributed by atoms with Crippen molar-refractivity contribution in [3.05, 3.63) is 58.6 Å². The third-order valence-electron chi connectivity index (χ3n) is 4.62. The van der Waals surface area contributed by atoms with Gasteiger partial charge < -0.3 is 14.8 Å². The molecular formula is C23H27N3O3S. The van der Waals surface area contributed by atoms with Gasteiger partial charge in [-0.2, -0.15) is 0 Å². The Morgan fingerprint density at radius 2 is 1.87 bits per heavy atom. The molecule has 1 atom stereocenters. The molecule has 30 heavy (non-hydrogen) atoms. The Morgan fingerprint density at radius 3 is 2.47 bits per heavy atom. The van der Waals surface area contributed by atoms with Gasteiger partial charge in [0.15, 0.2) is 11.9 Å². The Morgan fingerprint density at radius 1 is 1.10 bits per heavy atom. The van der Waals surface area contributed by atoms with Crippen molar-refractivity contribution in [1.29, 1.82) is 0 Å². The molecule has 158 valence electrons. The first-order chi connectivity index (χ1) is 14.6. The van der Waals surface area contributed by atoms with Crippen molar-refractivity contribution >= 4 is 28.8 Å². The van der Waals surface area contributed by atoms with Gasteiger partial charge in [0, 0.05) is 23.6 Å². The maximum atomic E-state index is 12.2. The molecule has 0 bridgehead atoms. The number of nitrogens with one attached hydrogen (secondary N) is 1. The monoisotopic (exact) mass is 425 g/mol. The molecule has 0 aliphatic rings. The highest BCUT2D eigenvalue weighted by Gasteiger charge is 2.22. The lowest BCUT2D eigenvalue weighted by atomic mass is 10.1. The van der Waals surface area contributed by atoms with E-state index in [0.29, 0.717) is 13.2 Å². The van der Waals surface area contributed by atoms with Gasteiger partial charge >= 0.3 is 5.97 Å². The van der Waals surface area contributed by atoms with Gasteiger partial charge in [0.2, 0.25) is 0 Å². The number of aryl methyl sites for hydroxylation is 1. The number of hydrogen-bond donors (Lipinski definition) is 1. The standard InChI is InChI=1S/C23H27N3O3S/c1-5-18-15(4)24-22(19-9-8-14-30-19)26-21(18)25-17-12-10-16(11-13-17)20(28-6-2)23(27)29-7-3/h8-14,20H,5-7H2,1-4H3,(H,24,25,26). The molecule has 0 aliphatic heterocycles. The number of nitrogens with zero attached hydrogens (tertiary/aromatic N) is 2. The van der Waals surface area contributed by atoms with Crippen LogP contribution in [0.1, 0.15) is 43.7 Å². The zero-order valence-electron chi connectivity index (χ0n) is 17.8. The average molecular weight is 426 g/mol. The molecule has 0 amide bonds. The number of thiophene rings is 1. The number of carbonyl (C=O) groups is 1. The third kappa shape index (κ3) is 5.04. The fraction of sp³-hybridized carbons (Fsp3) is 0.348. The van der Waals surface area contributed by atoms with Crippen molar-refractivity contribution in [2.45, 2.75) is 40.2 Å². The number of ether oxygens (including phenoxy) is 2. The average Bonchev–Trinajstić information content (AvgIpc) is 3.28. The number of carbonyl (C=O) groups excluding carboxylic acids is 1. The fourth-order valence-electron chi connectivity index (χ4n) is 3.20. The highest BCUT2D eigenvalue weighted by Crippen LogP contribution is 2.28. The second-order valence-corrected chi connectivity index (χ2v) is 7.57. The summed E-state index contributed by atoms with van der Waals surface area (Å²) >= 11 is 1.62. The summed E-state index contributed by atoms with van der Waals surface area (Å²) in [6, 6.07) is 11.6. The van der Waals surface area contributed by atoms with E-state index in [1.165, 1.54) is 0 Å². The van der Waals surface area contributed by atoms with Crippen LogP contribution in [0.3, 0.4) is 0 Å². The maximum absolute atomic E-state index is 12.2. The van der Waals surface area contributed by atoms with Crippen LogP contribution in [0.2, 0.25) is 0 Å². The minimum Gasteiger partial charge on any atom is -0.464 e. The van der Waals surface area contributed by atoms with Crippen molar-refractivity contribution in [3.63, 3.8) is 0 Å². The first-order valence-electron chi connectivity index (χ1n) is 10.1. The molecule has 3 aromatic rings. The molecule has 0 spiro atoms. The number of benzene rings is 1. The number of hydrogen-bond acceptors (Lipinski definition) is 7. The lowest BCUT2D eigenvalue weighted by Crippen LogP contribution is -2.19. The van der Waals surface area contributed by atoms with Gasteiger partial charge in [-0.05, 0) is 56.3 Å². The summed E-state index contributed by atoms with van der Waals surface area (Å²) in [6.45, 7) is 8.50. The minimum absolute atomic E-state index is 0.321. The fourth-order valence-corrected chi connectivity index (χ4v) is 3.86. The van der Waals surface area contributed by atoms with E-state index in [1.807, 2.05) is 55.6 Å². The van der Waals surface area contributed by atoms with Crippen molar-refractivity contribution in [3.8, 4) is 10.7 Å². The maximum Gasteiger partial charge on any atom is 0.339 e. The van der Waals surface area contributed by atoms with Gasteiger partial charge in [0.25, 0.3) is 0 Å². The predicted octanol–water partition coefficient (Wildman–Crippen LogP) is 5.46. The molecule has 1 aromatic carbocycles. The van der Waals surface area contributed by atoms with Crippen molar-refractivity contribution in [2.75, 3.05) is 18.5 Å². The van der Waals surface area contributed by atoms with Crippen LogP contribution in [0.25, 0.3) is 10.7 Å². The number of anilines is 2. The van der Waals surface area contributed by atoms with E-state index in [9.17, 15) is 4.79 Å². The van der Waals surface area contributed by atoms with E-state index in [0.717, 1.165) is 45.4 Å². The molecule has 0 saturated carbocycles. The molecule has 6 nitrogen and oxygen atoms in total. The Kier molecular flexibility index (Phi) is 7.54. The number of rotatable bonds is 9. The molecule has 3 rings (SSSR count). The zero-order chi connectivity index (χ0) is 21.5. The van der Waals surface area contributed by atoms with Gasteiger partial charge in [0.1, 0.15) is 5.82 Å². The van der Waals surface area contributed by atoms with E-state index in [-0.39, 0.29) is 5.97 Å². The second kappa shape index (κ2) is 10.3. The molecular weight excluding hydrogens is 398 g/mol. The van der Waals surface area contributed by atoms with Crippen LogP contribution in [0.4, 0.5) is 11.5 Å². The molecule has 1 unspecified atom stereocenters. The molecule has 7 heteroatoms. The van der Waals surface area contributed by atoms with Crippen molar-refractivity contribution < 1.29 is 14.3 Å². The van der Waals surface area contributed by atoms with Crippen LogP contribution >= 0.6 is 11.3 Å². The Hall–Kier alpha value is -2.77. The van der Waals surface area contributed by atoms with Crippen LogP contribution in [0.5, 0.6) is 0 Å². The first kappa shape index (κ1) is 21.9. The summed E-state index contributed by atoms with van der Waals surface area (Å²) in [6.07, 6.45) is 0.105. The summed E-state index contributed by atoms with van der Waals surface area (Å²) in [4.78, 5) is 22.7. The molecule has 0 aliphatic carbocycles. The largest absolute Gasteiger partial charge is 0.464 e. The Bertz CT molecular complexity index is 972. The molecule has 2 aromatic heterocycles. The number of esters is 1. The quantitative estimate of drug-likeness (QED) is 0.459. The van der Waals surface area contributed by atoms with Crippen molar-refractivity contribution in [2.24, 2.45) is 0 Å². The van der Waals surface area contributed by atoms with Crippen molar-refractivity contribution in [1.82, 2.24) is 9.97 Å². The Labute approximate surface area is 181 Å². The van der Waals surface area contributed by atoms with Crippen LogP contribution in [-0.2, 0) is 20.7 Å². The predicted molar refractivity (Wildman–Crippen MR) is 120 cm³/mol. The van der Waals surface area contributed by atoms with E-state index in [1.54, 1.807) is 18.3 Å².